The normalized spacial score (nSPS) is 10.6. The summed E-state index contributed by atoms with van der Waals surface area (Å²) >= 11 is 0. The summed E-state index contributed by atoms with van der Waals surface area (Å²) in [7, 11) is 0. The van der Waals surface area contributed by atoms with Gasteiger partial charge in [0.15, 0.2) is 0 Å². The fraction of sp³-hybridized carbons (Fsp3) is 0. The van der Waals surface area contributed by atoms with Crippen molar-refractivity contribution >= 4 is 11.6 Å². The van der Waals surface area contributed by atoms with E-state index in [4.69, 9.17) is 0 Å². The summed E-state index contributed by atoms with van der Waals surface area (Å²) < 4.78 is 17.0. The highest BCUT2D eigenvalue weighted by Crippen LogP contribution is 2.18. The molecule has 0 atom stereocenters. The lowest BCUT2D eigenvalue weighted by atomic mass is 10.2. The fourth-order valence-electron chi connectivity index (χ4n) is 2.68. The molecule has 0 radical (unpaired) electrons. The van der Waals surface area contributed by atoms with E-state index in [9.17, 15) is 14.0 Å². The van der Waals surface area contributed by atoms with Crippen molar-refractivity contribution in [2.75, 3.05) is 5.32 Å². The predicted octanol–water partition coefficient (Wildman–Crippen LogP) is 2.81. The Labute approximate surface area is 158 Å². The van der Waals surface area contributed by atoms with Crippen LogP contribution in [-0.4, -0.2) is 25.2 Å². The van der Waals surface area contributed by atoms with Gasteiger partial charge in [0.25, 0.3) is 11.5 Å². The van der Waals surface area contributed by atoms with Gasteiger partial charge in [-0.2, -0.15) is 9.78 Å². The first-order valence-corrected chi connectivity index (χ1v) is 8.37. The molecule has 4 aromatic rings. The molecule has 0 unspecified atom stereocenters. The molecule has 0 saturated carbocycles. The highest BCUT2D eigenvalue weighted by molar-refractivity contribution is 6.02. The number of anilines is 1. The van der Waals surface area contributed by atoms with Gasteiger partial charge in [-0.1, -0.05) is 18.2 Å². The third kappa shape index (κ3) is 3.43. The molecule has 0 spiro atoms. The van der Waals surface area contributed by atoms with Gasteiger partial charge < -0.3 is 9.88 Å². The number of nitrogens with zero attached hydrogens (tertiary/aromatic N) is 4. The largest absolute Gasteiger partial charge is 0.320 e. The van der Waals surface area contributed by atoms with Crippen LogP contribution in [0.15, 0.2) is 84.2 Å². The predicted molar refractivity (Wildman–Crippen MR) is 101 cm³/mol. The molecular weight excluding hydrogens is 361 g/mol. The second-order valence-electron chi connectivity index (χ2n) is 5.89. The van der Waals surface area contributed by atoms with E-state index in [-0.39, 0.29) is 16.9 Å². The molecule has 2 aromatic carbocycles. The van der Waals surface area contributed by atoms with Gasteiger partial charge in [-0.05, 0) is 36.4 Å². The summed E-state index contributed by atoms with van der Waals surface area (Å²) in [6.07, 6.45) is 4.64. The zero-order valence-electron chi connectivity index (χ0n) is 14.5. The van der Waals surface area contributed by atoms with Crippen molar-refractivity contribution in [3.63, 3.8) is 0 Å². The van der Waals surface area contributed by atoms with E-state index in [1.807, 2.05) is 6.07 Å². The van der Waals surface area contributed by atoms with Crippen molar-refractivity contribution in [3.8, 4) is 11.4 Å². The van der Waals surface area contributed by atoms with E-state index in [2.05, 4.69) is 15.4 Å². The zero-order valence-corrected chi connectivity index (χ0v) is 14.5. The van der Waals surface area contributed by atoms with Crippen molar-refractivity contribution < 1.29 is 9.18 Å². The molecular formula is C20H14FN5O2. The Morgan fingerprint density at radius 3 is 2.57 bits per heavy atom. The van der Waals surface area contributed by atoms with Crippen molar-refractivity contribution in [3.05, 3.63) is 101 Å². The summed E-state index contributed by atoms with van der Waals surface area (Å²) in [6.45, 7) is 0. The van der Waals surface area contributed by atoms with Crippen molar-refractivity contribution in [1.29, 1.82) is 0 Å². The van der Waals surface area contributed by atoms with Gasteiger partial charge in [0.05, 0.1) is 17.7 Å². The topological polar surface area (TPSA) is 81.8 Å². The van der Waals surface area contributed by atoms with Crippen LogP contribution < -0.4 is 10.9 Å². The number of carbonyl (C=O) groups excluding carboxylic acids is 1. The SMILES string of the molecule is O=C(Nc1ccc(-n2ccnc2)c(F)c1)c1ccc(=O)n(-c2ccccc2)n1. The molecule has 0 fully saturated rings. The maximum Gasteiger partial charge on any atom is 0.276 e. The molecule has 28 heavy (non-hydrogen) atoms. The van der Waals surface area contributed by atoms with Crippen LogP contribution >= 0.6 is 0 Å². The number of benzene rings is 2. The average molecular weight is 375 g/mol. The lowest BCUT2D eigenvalue weighted by Gasteiger charge is -2.09. The molecule has 2 heterocycles. The minimum atomic E-state index is -0.556. The number of halogens is 1. The first kappa shape index (κ1) is 17.3. The van der Waals surface area contributed by atoms with E-state index < -0.39 is 11.7 Å². The van der Waals surface area contributed by atoms with E-state index in [1.54, 1.807) is 42.7 Å². The molecule has 8 heteroatoms. The van der Waals surface area contributed by atoms with Gasteiger partial charge in [0.2, 0.25) is 0 Å². The highest BCUT2D eigenvalue weighted by Gasteiger charge is 2.13. The van der Waals surface area contributed by atoms with Crippen molar-refractivity contribution in [2.45, 2.75) is 0 Å². The number of rotatable bonds is 4. The Balaban J connectivity index is 1.59. The first-order chi connectivity index (χ1) is 13.6. The maximum absolute atomic E-state index is 14.3. The molecule has 0 aliphatic rings. The second kappa shape index (κ2) is 7.28. The van der Waals surface area contributed by atoms with Gasteiger partial charge in [0.1, 0.15) is 11.5 Å². The Bertz CT molecular complexity index is 1190. The maximum atomic E-state index is 14.3. The Morgan fingerprint density at radius 2 is 1.86 bits per heavy atom. The van der Waals surface area contributed by atoms with E-state index in [0.717, 1.165) is 4.68 Å². The monoisotopic (exact) mass is 375 g/mol. The van der Waals surface area contributed by atoms with Crippen LogP contribution in [0.3, 0.4) is 0 Å². The Morgan fingerprint density at radius 1 is 1.04 bits per heavy atom. The Kier molecular flexibility index (Phi) is 4.51. The van der Waals surface area contributed by atoms with E-state index in [0.29, 0.717) is 11.4 Å². The number of hydrogen-bond donors (Lipinski definition) is 1. The molecule has 4 rings (SSSR count). The van der Waals surface area contributed by atoms with Crippen LogP contribution in [0, 0.1) is 5.82 Å². The van der Waals surface area contributed by atoms with Gasteiger partial charge in [-0.3, -0.25) is 9.59 Å². The summed E-state index contributed by atoms with van der Waals surface area (Å²) in [5.74, 6) is -1.07. The lowest BCUT2D eigenvalue weighted by molar-refractivity contribution is 0.102. The molecule has 1 amide bonds. The molecule has 0 saturated heterocycles. The minimum Gasteiger partial charge on any atom is -0.320 e. The molecule has 138 valence electrons. The van der Waals surface area contributed by atoms with Crippen molar-refractivity contribution in [2.24, 2.45) is 0 Å². The minimum absolute atomic E-state index is 0.0301. The lowest BCUT2D eigenvalue weighted by Crippen LogP contribution is -2.24. The van der Waals surface area contributed by atoms with Crippen LogP contribution in [0.4, 0.5) is 10.1 Å². The van der Waals surface area contributed by atoms with Gasteiger partial charge >= 0.3 is 0 Å². The molecule has 7 nitrogen and oxygen atoms in total. The van der Waals surface area contributed by atoms with Gasteiger partial charge in [-0.25, -0.2) is 9.37 Å². The van der Waals surface area contributed by atoms with E-state index >= 15 is 0 Å². The van der Waals surface area contributed by atoms with Crippen LogP contribution in [0.2, 0.25) is 0 Å². The summed E-state index contributed by atoms with van der Waals surface area (Å²) in [4.78, 5) is 28.4. The number of hydrogen-bond acceptors (Lipinski definition) is 4. The zero-order chi connectivity index (χ0) is 19.5. The molecule has 0 bridgehead atoms. The summed E-state index contributed by atoms with van der Waals surface area (Å²) in [6, 6.07) is 15.7. The quantitative estimate of drug-likeness (QED) is 0.595. The number of imidazole rings is 1. The van der Waals surface area contributed by atoms with Gasteiger partial charge in [0, 0.05) is 24.1 Å². The van der Waals surface area contributed by atoms with Crippen LogP contribution in [0.25, 0.3) is 11.4 Å². The van der Waals surface area contributed by atoms with Crippen LogP contribution in [-0.2, 0) is 0 Å². The average Bonchev–Trinajstić information content (AvgIpc) is 3.23. The molecule has 1 N–H and O–H groups in total. The van der Waals surface area contributed by atoms with Crippen LogP contribution in [0.1, 0.15) is 10.5 Å². The summed E-state index contributed by atoms with van der Waals surface area (Å²) in [5.41, 5.74) is 0.788. The van der Waals surface area contributed by atoms with Gasteiger partial charge in [-0.15, -0.1) is 0 Å². The molecule has 2 aromatic heterocycles. The molecule has 0 aliphatic heterocycles. The second-order valence-corrected chi connectivity index (χ2v) is 5.89. The summed E-state index contributed by atoms with van der Waals surface area (Å²) in [5, 5.41) is 6.69. The van der Waals surface area contributed by atoms with Crippen molar-refractivity contribution in [1.82, 2.24) is 19.3 Å². The first-order valence-electron chi connectivity index (χ1n) is 8.37. The fourth-order valence-corrected chi connectivity index (χ4v) is 2.68. The standard InChI is InChI=1S/C20H14FN5O2/c21-16-12-14(6-8-18(16)25-11-10-22-13-25)23-20(28)17-7-9-19(27)26(24-17)15-4-2-1-3-5-15/h1-13H,(H,23,28). The number of nitrogens with one attached hydrogen (secondary N) is 1. The number of carbonyl (C=O) groups is 1. The smallest absolute Gasteiger partial charge is 0.276 e. The number of para-hydroxylation sites is 1. The Hall–Kier alpha value is -4.07. The third-order valence-corrected chi connectivity index (χ3v) is 4.02. The van der Waals surface area contributed by atoms with E-state index in [1.165, 1.54) is 35.2 Å². The molecule has 0 aliphatic carbocycles. The third-order valence-electron chi connectivity index (χ3n) is 4.02. The van der Waals surface area contributed by atoms with Crippen LogP contribution in [0.5, 0.6) is 0 Å². The number of aromatic nitrogens is 4. The number of amides is 1. The highest BCUT2D eigenvalue weighted by atomic mass is 19.1.